The first-order valence-electron chi connectivity index (χ1n) is 6.31. The molecular formula is C13H15IN2O5. The summed E-state index contributed by atoms with van der Waals surface area (Å²) in [6.07, 6.45) is 1.08. The third-order valence-corrected chi connectivity index (χ3v) is 3.74. The smallest absolute Gasteiger partial charge is 0.305 e. The fourth-order valence-electron chi connectivity index (χ4n) is 1.85. The summed E-state index contributed by atoms with van der Waals surface area (Å²) in [6, 6.07) is 3.51. The number of halogens is 1. The van der Waals surface area contributed by atoms with Crippen molar-refractivity contribution in [2.24, 2.45) is 0 Å². The highest BCUT2D eigenvalue weighted by atomic mass is 127. The maximum Gasteiger partial charge on any atom is 0.305 e. The fourth-order valence-corrected chi connectivity index (χ4v) is 2.43. The Labute approximate surface area is 135 Å². The summed E-state index contributed by atoms with van der Waals surface area (Å²) >= 11 is 1.91. The number of amides is 1. The molecule has 0 spiro atoms. The van der Waals surface area contributed by atoms with Crippen molar-refractivity contribution in [1.82, 2.24) is 5.32 Å². The van der Waals surface area contributed by atoms with E-state index in [1.165, 1.54) is 18.2 Å². The second-order valence-corrected chi connectivity index (χ2v) is 5.64. The number of nitro groups is 1. The van der Waals surface area contributed by atoms with Gasteiger partial charge in [-0.1, -0.05) is 13.3 Å². The average Bonchev–Trinajstić information content (AvgIpc) is 2.38. The predicted molar refractivity (Wildman–Crippen MR) is 84.2 cm³/mol. The second-order valence-electron chi connectivity index (χ2n) is 4.48. The number of non-ortho nitro benzene ring substituents is 1. The number of hydrogen-bond donors (Lipinski definition) is 2. The molecule has 0 aromatic heterocycles. The Morgan fingerprint density at radius 3 is 2.67 bits per heavy atom. The van der Waals surface area contributed by atoms with Crippen LogP contribution in [0.25, 0.3) is 0 Å². The molecule has 0 heterocycles. The van der Waals surface area contributed by atoms with Crippen LogP contribution in [0.1, 0.15) is 36.5 Å². The van der Waals surface area contributed by atoms with Crippen molar-refractivity contribution >= 4 is 40.2 Å². The Morgan fingerprint density at radius 1 is 1.48 bits per heavy atom. The number of carboxylic acids is 1. The highest BCUT2D eigenvalue weighted by Gasteiger charge is 2.20. The third-order valence-electron chi connectivity index (χ3n) is 2.80. The van der Waals surface area contributed by atoms with Crippen molar-refractivity contribution in [3.05, 3.63) is 37.4 Å². The van der Waals surface area contributed by atoms with Crippen LogP contribution in [0.5, 0.6) is 0 Å². The Morgan fingerprint density at radius 2 is 2.14 bits per heavy atom. The number of carboxylic acid groups (broad SMARTS) is 1. The minimum atomic E-state index is -0.998. The number of aliphatic carboxylic acids is 1. The SMILES string of the molecule is CCCC(CC(=O)O)NC(=O)c1cc([N+](=O)[O-])ccc1I. The lowest BCUT2D eigenvalue weighted by atomic mass is 10.1. The van der Waals surface area contributed by atoms with Crippen LogP contribution in [0.4, 0.5) is 5.69 Å². The van der Waals surface area contributed by atoms with Gasteiger partial charge in [-0.3, -0.25) is 19.7 Å². The van der Waals surface area contributed by atoms with Gasteiger partial charge in [0, 0.05) is 21.7 Å². The van der Waals surface area contributed by atoms with Gasteiger partial charge in [-0.2, -0.15) is 0 Å². The molecule has 1 aromatic carbocycles. The van der Waals surface area contributed by atoms with Crippen molar-refractivity contribution in [3.8, 4) is 0 Å². The van der Waals surface area contributed by atoms with E-state index in [4.69, 9.17) is 5.11 Å². The van der Waals surface area contributed by atoms with Crippen LogP contribution in [-0.2, 0) is 4.79 Å². The number of carbonyl (C=O) groups excluding carboxylic acids is 1. The van der Waals surface area contributed by atoms with Crippen LogP contribution in [0, 0.1) is 13.7 Å². The van der Waals surface area contributed by atoms with Gasteiger partial charge < -0.3 is 10.4 Å². The summed E-state index contributed by atoms with van der Waals surface area (Å²) in [5.41, 5.74) is 0.00198. The first kappa shape index (κ1) is 17.3. The molecule has 0 saturated carbocycles. The fraction of sp³-hybridized carbons (Fsp3) is 0.385. The predicted octanol–water partition coefficient (Wildman–Crippen LogP) is 2.57. The average molecular weight is 406 g/mol. The Bertz CT molecular complexity index is 561. The van der Waals surface area contributed by atoms with E-state index in [0.717, 1.165) is 6.42 Å². The molecule has 8 heteroatoms. The number of hydrogen-bond acceptors (Lipinski definition) is 4. The zero-order chi connectivity index (χ0) is 16.0. The molecule has 1 unspecified atom stereocenters. The van der Waals surface area contributed by atoms with Crippen LogP contribution in [0.3, 0.4) is 0 Å². The molecule has 0 fully saturated rings. The topological polar surface area (TPSA) is 110 Å². The molecule has 114 valence electrons. The summed E-state index contributed by atoms with van der Waals surface area (Å²) in [4.78, 5) is 33.1. The summed E-state index contributed by atoms with van der Waals surface area (Å²) in [6.45, 7) is 1.89. The highest BCUT2D eigenvalue weighted by Crippen LogP contribution is 2.20. The summed E-state index contributed by atoms with van der Waals surface area (Å²) in [7, 11) is 0. The van der Waals surface area contributed by atoms with Crippen molar-refractivity contribution in [3.63, 3.8) is 0 Å². The van der Waals surface area contributed by atoms with Crippen molar-refractivity contribution in [2.45, 2.75) is 32.2 Å². The minimum Gasteiger partial charge on any atom is -0.481 e. The van der Waals surface area contributed by atoms with Crippen molar-refractivity contribution < 1.29 is 19.6 Å². The van der Waals surface area contributed by atoms with Crippen molar-refractivity contribution in [2.75, 3.05) is 0 Å². The van der Waals surface area contributed by atoms with Gasteiger partial charge in [0.15, 0.2) is 0 Å². The van der Waals surface area contributed by atoms with Crippen LogP contribution in [0.15, 0.2) is 18.2 Å². The molecule has 0 aliphatic rings. The quantitative estimate of drug-likeness (QED) is 0.411. The Hall–Kier alpha value is -1.71. The van der Waals surface area contributed by atoms with Gasteiger partial charge in [0.25, 0.3) is 11.6 Å². The minimum absolute atomic E-state index is 0.175. The largest absolute Gasteiger partial charge is 0.481 e. The maximum atomic E-state index is 12.2. The second kappa shape index (κ2) is 7.91. The molecule has 2 N–H and O–H groups in total. The van der Waals surface area contributed by atoms with Gasteiger partial charge in [0.05, 0.1) is 16.9 Å². The van der Waals surface area contributed by atoms with Gasteiger partial charge in [-0.25, -0.2) is 0 Å². The molecule has 0 radical (unpaired) electrons. The highest BCUT2D eigenvalue weighted by molar-refractivity contribution is 14.1. The molecule has 1 amide bonds. The van der Waals surface area contributed by atoms with Gasteiger partial charge in [-0.05, 0) is 35.1 Å². The van der Waals surface area contributed by atoms with E-state index in [1.54, 1.807) is 0 Å². The van der Waals surface area contributed by atoms with E-state index in [-0.39, 0.29) is 17.7 Å². The van der Waals surface area contributed by atoms with E-state index < -0.39 is 22.8 Å². The first-order chi connectivity index (χ1) is 9.85. The molecule has 0 aliphatic carbocycles. The molecule has 1 atom stereocenters. The van der Waals surface area contributed by atoms with Gasteiger partial charge in [0.2, 0.25) is 0 Å². The number of rotatable bonds is 7. The molecular weight excluding hydrogens is 391 g/mol. The monoisotopic (exact) mass is 406 g/mol. The van der Waals surface area contributed by atoms with E-state index in [0.29, 0.717) is 9.99 Å². The molecule has 1 rings (SSSR count). The summed E-state index contributed by atoms with van der Waals surface area (Å²) in [5.74, 6) is -1.50. The maximum absolute atomic E-state index is 12.2. The normalized spacial score (nSPS) is 11.7. The van der Waals surface area contributed by atoms with Crippen LogP contribution in [-0.4, -0.2) is 27.9 Å². The van der Waals surface area contributed by atoms with E-state index in [1.807, 2.05) is 29.5 Å². The number of nitrogens with zero attached hydrogens (tertiary/aromatic N) is 1. The number of nitro benzene ring substituents is 1. The molecule has 1 aromatic rings. The molecule has 21 heavy (non-hydrogen) atoms. The lowest BCUT2D eigenvalue weighted by Gasteiger charge is -2.16. The van der Waals surface area contributed by atoms with Crippen molar-refractivity contribution in [1.29, 1.82) is 0 Å². The molecule has 0 aliphatic heterocycles. The van der Waals surface area contributed by atoms with E-state index >= 15 is 0 Å². The summed E-state index contributed by atoms with van der Waals surface area (Å²) in [5, 5.41) is 22.2. The van der Waals surface area contributed by atoms with Gasteiger partial charge in [-0.15, -0.1) is 0 Å². The van der Waals surface area contributed by atoms with E-state index in [2.05, 4.69) is 5.32 Å². The number of nitrogens with one attached hydrogen (secondary N) is 1. The van der Waals surface area contributed by atoms with E-state index in [9.17, 15) is 19.7 Å². The standard InChI is InChI=1S/C13H15IN2O5/c1-2-3-8(6-12(17)18)15-13(19)10-7-9(16(20)21)4-5-11(10)14/h4-5,7-8H,2-3,6H2,1H3,(H,15,19)(H,17,18). The molecule has 0 bridgehead atoms. The zero-order valence-corrected chi connectivity index (χ0v) is 13.5. The lowest BCUT2D eigenvalue weighted by Crippen LogP contribution is -2.36. The van der Waals surface area contributed by atoms with Gasteiger partial charge in [0.1, 0.15) is 0 Å². The lowest BCUT2D eigenvalue weighted by molar-refractivity contribution is -0.384. The van der Waals surface area contributed by atoms with Crippen LogP contribution in [0.2, 0.25) is 0 Å². The molecule has 7 nitrogen and oxygen atoms in total. The first-order valence-corrected chi connectivity index (χ1v) is 7.39. The molecule has 0 saturated heterocycles. The summed E-state index contributed by atoms with van der Waals surface area (Å²) < 4.78 is 0.571. The van der Waals surface area contributed by atoms with Crippen LogP contribution < -0.4 is 5.32 Å². The van der Waals surface area contributed by atoms with Crippen LogP contribution >= 0.6 is 22.6 Å². The Kier molecular flexibility index (Phi) is 6.53. The zero-order valence-electron chi connectivity index (χ0n) is 11.3. The Balaban J connectivity index is 2.93. The third kappa shape index (κ3) is 5.29. The van der Waals surface area contributed by atoms with Gasteiger partial charge >= 0.3 is 5.97 Å². The number of carbonyl (C=O) groups is 2. The number of benzene rings is 1.